The third-order valence-electron chi connectivity index (χ3n) is 1.68. The summed E-state index contributed by atoms with van der Waals surface area (Å²) in [6, 6.07) is 16.0. The average molecular weight is 152 g/mol. The van der Waals surface area contributed by atoms with E-state index in [1.165, 1.54) is 0 Å². The maximum atomic E-state index is 3.08. The average Bonchev–Trinajstić information content (AvgIpc) is 2.74. The van der Waals surface area contributed by atoms with Gasteiger partial charge in [-0.3, -0.25) is 0 Å². The molecule has 58 valence electrons. The van der Waals surface area contributed by atoms with Crippen molar-refractivity contribution in [1.29, 1.82) is 0 Å². The Morgan fingerprint density at radius 2 is 2.08 bits per heavy atom. The highest BCUT2D eigenvalue weighted by atomic mass is 13.9. The van der Waals surface area contributed by atoms with Crippen LogP contribution in [0.1, 0.15) is 11.1 Å². The summed E-state index contributed by atoms with van der Waals surface area (Å²) in [4.78, 5) is 0. The highest BCUT2D eigenvalue weighted by Gasteiger charge is 1.71. The quantitative estimate of drug-likeness (QED) is 0.402. The predicted molar refractivity (Wildman–Crippen MR) is 50.1 cm³/mol. The van der Waals surface area contributed by atoms with E-state index in [0.717, 1.165) is 11.1 Å². The summed E-state index contributed by atoms with van der Waals surface area (Å²) >= 11 is 0. The van der Waals surface area contributed by atoms with Crippen molar-refractivity contribution < 1.29 is 0 Å². The summed E-state index contributed by atoms with van der Waals surface area (Å²) in [5, 5.41) is 0. The minimum absolute atomic E-state index is 1.08. The molecular formula is C12H8-2. The Balaban J connectivity index is 2.22. The van der Waals surface area contributed by atoms with Gasteiger partial charge in [0.15, 0.2) is 0 Å². The smallest absolute Gasteiger partial charge is 0.117 e. The number of rotatable bonds is 0. The zero-order valence-electron chi connectivity index (χ0n) is 6.62. The Morgan fingerprint density at radius 1 is 1.08 bits per heavy atom. The first kappa shape index (κ1) is 6.94. The van der Waals surface area contributed by atoms with Gasteiger partial charge in [0.2, 0.25) is 0 Å². The Morgan fingerprint density at radius 3 is 2.75 bits per heavy atom. The molecule has 0 aromatic heterocycles. The molecule has 0 spiro atoms. The Hall–Kier alpha value is -1.74. The highest BCUT2D eigenvalue weighted by molar-refractivity contribution is 5.43. The lowest BCUT2D eigenvalue weighted by atomic mass is 10.3. The van der Waals surface area contributed by atoms with Crippen molar-refractivity contribution in [3.05, 3.63) is 59.7 Å². The molecule has 2 aromatic rings. The van der Waals surface area contributed by atoms with E-state index in [2.05, 4.69) is 11.8 Å². The van der Waals surface area contributed by atoms with Crippen LogP contribution in [-0.2, 0) is 0 Å². The second-order valence-electron chi connectivity index (χ2n) is 2.60. The maximum absolute atomic E-state index is 3.08. The van der Waals surface area contributed by atoms with Gasteiger partial charge in [-0.2, -0.15) is 42.5 Å². The molecule has 0 radical (unpaired) electrons. The van der Waals surface area contributed by atoms with Gasteiger partial charge in [-0.05, 0) is 0 Å². The zero-order chi connectivity index (χ0) is 8.23. The van der Waals surface area contributed by atoms with Crippen molar-refractivity contribution in [3.8, 4) is 11.8 Å². The van der Waals surface area contributed by atoms with Crippen LogP contribution in [0.4, 0.5) is 0 Å². The van der Waals surface area contributed by atoms with Crippen LogP contribution >= 0.6 is 0 Å². The lowest BCUT2D eigenvalue weighted by Crippen LogP contribution is -1.65. The first-order valence-electron chi connectivity index (χ1n) is 3.90. The molecule has 0 unspecified atom stereocenters. The van der Waals surface area contributed by atoms with Gasteiger partial charge in [0.25, 0.3) is 0 Å². The predicted octanol–water partition coefficient (Wildman–Crippen LogP) is 2.52. The van der Waals surface area contributed by atoms with E-state index >= 15 is 0 Å². The van der Waals surface area contributed by atoms with Gasteiger partial charge in [-0.25, -0.2) is 11.8 Å². The fraction of sp³-hybridized carbons (Fsp3) is 0. The molecule has 0 amide bonds. The SMILES string of the molecule is C(#Cc1ccc[cH-]1)c1cc[cH-]c1. The van der Waals surface area contributed by atoms with Crippen molar-refractivity contribution in [2.75, 3.05) is 0 Å². The third kappa shape index (κ3) is 1.46. The molecule has 0 heteroatoms. The molecule has 0 fully saturated rings. The number of hydrogen-bond donors (Lipinski definition) is 0. The molecule has 0 aliphatic carbocycles. The standard InChI is InChI=1S/C12H8/c1-2-6-11(5-1)9-10-12-7-3-4-8-12/h1-8H/q-2. The van der Waals surface area contributed by atoms with Gasteiger partial charge in [0.1, 0.15) is 0 Å². The molecule has 2 aromatic carbocycles. The fourth-order valence-electron chi connectivity index (χ4n) is 1.06. The van der Waals surface area contributed by atoms with E-state index in [4.69, 9.17) is 0 Å². The van der Waals surface area contributed by atoms with Gasteiger partial charge in [0.05, 0.1) is 0 Å². The van der Waals surface area contributed by atoms with Gasteiger partial charge >= 0.3 is 0 Å². The molecule has 0 bridgehead atoms. The molecule has 0 atom stereocenters. The van der Waals surface area contributed by atoms with Crippen LogP contribution in [0.5, 0.6) is 0 Å². The summed E-state index contributed by atoms with van der Waals surface area (Å²) in [6.45, 7) is 0. The Bertz CT molecular complexity index is 339. The van der Waals surface area contributed by atoms with Crippen molar-refractivity contribution in [2.45, 2.75) is 0 Å². The minimum Gasteiger partial charge on any atom is -0.203 e. The maximum Gasteiger partial charge on any atom is -0.117 e. The monoisotopic (exact) mass is 152 g/mol. The van der Waals surface area contributed by atoms with Crippen LogP contribution in [0, 0.1) is 11.8 Å². The summed E-state index contributed by atoms with van der Waals surface area (Å²) < 4.78 is 0. The van der Waals surface area contributed by atoms with E-state index in [0.29, 0.717) is 0 Å². The van der Waals surface area contributed by atoms with Crippen molar-refractivity contribution in [2.24, 2.45) is 0 Å². The molecule has 0 nitrogen and oxygen atoms in total. The molecule has 0 aliphatic heterocycles. The van der Waals surface area contributed by atoms with Crippen LogP contribution in [0.25, 0.3) is 0 Å². The molecular weight excluding hydrogens is 144 g/mol. The van der Waals surface area contributed by atoms with Gasteiger partial charge < -0.3 is 0 Å². The Labute approximate surface area is 72.2 Å². The van der Waals surface area contributed by atoms with Crippen LogP contribution in [-0.4, -0.2) is 0 Å². The summed E-state index contributed by atoms with van der Waals surface area (Å²) in [6.07, 6.45) is 0. The van der Waals surface area contributed by atoms with Crippen LogP contribution in [0.3, 0.4) is 0 Å². The van der Waals surface area contributed by atoms with Gasteiger partial charge in [-0.15, -0.1) is 17.2 Å². The summed E-state index contributed by atoms with van der Waals surface area (Å²) in [7, 11) is 0. The first-order valence-corrected chi connectivity index (χ1v) is 3.90. The minimum atomic E-state index is 1.08. The second kappa shape index (κ2) is 3.11. The first-order chi connectivity index (χ1) is 5.95. The van der Waals surface area contributed by atoms with Crippen molar-refractivity contribution in [3.63, 3.8) is 0 Å². The second-order valence-corrected chi connectivity index (χ2v) is 2.60. The Kier molecular flexibility index (Phi) is 1.80. The van der Waals surface area contributed by atoms with E-state index < -0.39 is 0 Å². The van der Waals surface area contributed by atoms with E-state index in [9.17, 15) is 0 Å². The van der Waals surface area contributed by atoms with Crippen LogP contribution < -0.4 is 0 Å². The zero-order valence-corrected chi connectivity index (χ0v) is 6.62. The normalized spacial score (nSPS) is 9.00. The summed E-state index contributed by atoms with van der Waals surface area (Å²) in [5.74, 6) is 6.15. The van der Waals surface area contributed by atoms with Crippen molar-refractivity contribution >= 4 is 0 Å². The molecule has 0 N–H and O–H groups in total. The summed E-state index contributed by atoms with van der Waals surface area (Å²) in [5.41, 5.74) is 2.16. The van der Waals surface area contributed by atoms with E-state index in [-0.39, 0.29) is 0 Å². The van der Waals surface area contributed by atoms with Gasteiger partial charge in [0, 0.05) is 0 Å². The van der Waals surface area contributed by atoms with Crippen molar-refractivity contribution in [1.82, 2.24) is 0 Å². The van der Waals surface area contributed by atoms with E-state index in [1.807, 2.05) is 48.5 Å². The van der Waals surface area contributed by atoms with Gasteiger partial charge in [-0.1, -0.05) is 0 Å². The van der Waals surface area contributed by atoms with E-state index in [1.54, 1.807) is 0 Å². The molecule has 12 heavy (non-hydrogen) atoms. The molecule has 2 rings (SSSR count). The van der Waals surface area contributed by atoms with Crippen LogP contribution in [0.2, 0.25) is 0 Å². The topological polar surface area (TPSA) is 0 Å². The lowest BCUT2D eigenvalue weighted by molar-refractivity contribution is 1.80. The fourth-order valence-corrected chi connectivity index (χ4v) is 1.06. The third-order valence-corrected chi connectivity index (χ3v) is 1.68. The van der Waals surface area contributed by atoms with Crippen LogP contribution in [0.15, 0.2) is 48.5 Å². The molecule has 0 saturated carbocycles. The molecule has 0 aliphatic rings. The highest BCUT2D eigenvalue weighted by Crippen LogP contribution is 1.99. The lowest BCUT2D eigenvalue weighted by Gasteiger charge is -1.91. The largest absolute Gasteiger partial charge is 0.203 e. The number of hydrogen-bond acceptors (Lipinski definition) is 0. The molecule has 0 heterocycles. The molecule has 0 saturated heterocycles.